The van der Waals surface area contributed by atoms with Gasteiger partial charge in [0.25, 0.3) is 0 Å². The predicted octanol–water partition coefficient (Wildman–Crippen LogP) is 0.811. The molecule has 1 heterocycles. The van der Waals surface area contributed by atoms with Gasteiger partial charge in [0, 0.05) is 32.2 Å². The molecular formula is C13H25N3O. The zero-order valence-corrected chi connectivity index (χ0v) is 10.9. The molecule has 1 unspecified atom stereocenters. The maximum Gasteiger partial charge on any atom is 0.239 e. The summed E-state index contributed by atoms with van der Waals surface area (Å²) in [7, 11) is 0. The molecule has 4 nitrogen and oxygen atoms in total. The molecule has 2 aliphatic rings. The SMILES string of the molecule is CCC(N)C(=O)N1CCN(C2CCCC2)CC1. The largest absolute Gasteiger partial charge is 0.339 e. The lowest BCUT2D eigenvalue weighted by Gasteiger charge is -2.38. The summed E-state index contributed by atoms with van der Waals surface area (Å²) in [6.07, 6.45) is 6.20. The van der Waals surface area contributed by atoms with Crippen molar-refractivity contribution in [2.45, 2.75) is 51.1 Å². The first-order valence-electron chi connectivity index (χ1n) is 7.00. The van der Waals surface area contributed by atoms with Crippen molar-refractivity contribution in [3.8, 4) is 0 Å². The summed E-state index contributed by atoms with van der Waals surface area (Å²) in [6.45, 7) is 5.77. The zero-order chi connectivity index (χ0) is 12.3. The van der Waals surface area contributed by atoms with Crippen molar-refractivity contribution in [1.82, 2.24) is 9.80 Å². The van der Waals surface area contributed by atoms with Crippen LogP contribution in [0.1, 0.15) is 39.0 Å². The van der Waals surface area contributed by atoms with Crippen LogP contribution in [-0.2, 0) is 4.79 Å². The summed E-state index contributed by atoms with van der Waals surface area (Å²) in [5, 5.41) is 0. The van der Waals surface area contributed by atoms with Gasteiger partial charge in [-0.05, 0) is 19.3 Å². The Kier molecular flexibility index (Phi) is 4.40. The highest BCUT2D eigenvalue weighted by atomic mass is 16.2. The molecule has 1 amide bonds. The number of carbonyl (C=O) groups excluding carboxylic acids is 1. The molecule has 1 aliphatic heterocycles. The van der Waals surface area contributed by atoms with E-state index in [1.807, 2.05) is 11.8 Å². The first-order valence-corrected chi connectivity index (χ1v) is 7.00. The second-order valence-electron chi connectivity index (χ2n) is 5.31. The van der Waals surface area contributed by atoms with E-state index in [1.165, 1.54) is 25.7 Å². The van der Waals surface area contributed by atoms with Crippen LogP contribution in [0.5, 0.6) is 0 Å². The number of hydrogen-bond acceptors (Lipinski definition) is 3. The lowest BCUT2D eigenvalue weighted by Crippen LogP contribution is -2.54. The van der Waals surface area contributed by atoms with E-state index in [4.69, 9.17) is 5.73 Å². The monoisotopic (exact) mass is 239 g/mol. The number of carbonyl (C=O) groups is 1. The van der Waals surface area contributed by atoms with Crippen LogP contribution >= 0.6 is 0 Å². The van der Waals surface area contributed by atoms with E-state index in [0.717, 1.165) is 38.6 Å². The Morgan fingerprint density at radius 3 is 2.35 bits per heavy atom. The highest BCUT2D eigenvalue weighted by Gasteiger charge is 2.28. The molecule has 2 fully saturated rings. The van der Waals surface area contributed by atoms with E-state index in [1.54, 1.807) is 0 Å². The van der Waals surface area contributed by atoms with Gasteiger partial charge >= 0.3 is 0 Å². The zero-order valence-electron chi connectivity index (χ0n) is 10.9. The van der Waals surface area contributed by atoms with Crippen LogP contribution in [-0.4, -0.2) is 54.0 Å². The topological polar surface area (TPSA) is 49.6 Å². The molecule has 4 heteroatoms. The van der Waals surface area contributed by atoms with Gasteiger partial charge in [0.1, 0.15) is 0 Å². The Bertz CT molecular complexity index is 255. The molecule has 17 heavy (non-hydrogen) atoms. The van der Waals surface area contributed by atoms with E-state index < -0.39 is 0 Å². The molecular weight excluding hydrogens is 214 g/mol. The van der Waals surface area contributed by atoms with E-state index >= 15 is 0 Å². The minimum absolute atomic E-state index is 0.138. The number of hydrogen-bond donors (Lipinski definition) is 1. The van der Waals surface area contributed by atoms with Crippen LogP contribution in [0.15, 0.2) is 0 Å². The van der Waals surface area contributed by atoms with Crippen molar-refractivity contribution in [1.29, 1.82) is 0 Å². The molecule has 98 valence electrons. The van der Waals surface area contributed by atoms with Crippen LogP contribution in [0.3, 0.4) is 0 Å². The molecule has 0 bridgehead atoms. The molecule has 1 saturated heterocycles. The Morgan fingerprint density at radius 2 is 1.82 bits per heavy atom. The third-order valence-electron chi connectivity index (χ3n) is 4.22. The standard InChI is InChI=1S/C13H25N3O/c1-2-12(14)13(17)16-9-7-15(8-10-16)11-5-3-4-6-11/h11-12H,2-10,14H2,1H3. The molecule has 1 atom stereocenters. The van der Waals surface area contributed by atoms with Gasteiger partial charge in [-0.2, -0.15) is 0 Å². The average Bonchev–Trinajstić information content (AvgIpc) is 2.91. The minimum Gasteiger partial charge on any atom is -0.339 e. The Labute approximate surface area is 104 Å². The lowest BCUT2D eigenvalue weighted by molar-refractivity contribution is -0.134. The fourth-order valence-corrected chi connectivity index (χ4v) is 2.99. The van der Waals surface area contributed by atoms with Crippen molar-refractivity contribution in [2.75, 3.05) is 26.2 Å². The number of piperazine rings is 1. The molecule has 0 aromatic carbocycles. The quantitative estimate of drug-likeness (QED) is 0.793. The minimum atomic E-state index is -0.298. The van der Waals surface area contributed by atoms with E-state index in [0.29, 0.717) is 0 Å². The maximum absolute atomic E-state index is 11.9. The van der Waals surface area contributed by atoms with Gasteiger partial charge in [0.05, 0.1) is 6.04 Å². The summed E-state index contributed by atoms with van der Waals surface area (Å²) >= 11 is 0. The maximum atomic E-state index is 11.9. The summed E-state index contributed by atoms with van der Waals surface area (Å²) in [5.74, 6) is 0.138. The summed E-state index contributed by atoms with van der Waals surface area (Å²) in [4.78, 5) is 16.4. The van der Waals surface area contributed by atoms with Crippen molar-refractivity contribution in [3.63, 3.8) is 0 Å². The molecule has 1 aliphatic carbocycles. The highest BCUT2D eigenvalue weighted by molar-refractivity contribution is 5.81. The smallest absolute Gasteiger partial charge is 0.239 e. The van der Waals surface area contributed by atoms with Crippen molar-refractivity contribution in [2.24, 2.45) is 5.73 Å². The molecule has 0 aromatic heterocycles. The number of nitrogens with two attached hydrogens (primary N) is 1. The van der Waals surface area contributed by atoms with Crippen molar-refractivity contribution in [3.05, 3.63) is 0 Å². The normalized spacial score (nSPS) is 25.2. The predicted molar refractivity (Wildman–Crippen MR) is 68.7 cm³/mol. The number of amides is 1. The number of rotatable bonds is 3. The fourth-order valence-electron chi connectivity index (χ4n) is 2.99. The van der Waals surface area contributed by atoms with Gasteiger partial charge < -0.3 is 10.6 Å². The molecule has 0 spiro atoms. The summed E-state index contributed by atoms with van der Waals surface area (Å²) < 4.78 is 0. The van der Waals surface area contributed by atoms with Crippen LogP contribution in [0.25, 0.3) is 0 Å². The second kappa shape index (κ2) is 5.83. The first kappa shape index (κ1) is 12.8. The third-order valence-corrected chi connectivity index (χ3v) is 4.22. The molecule has 1 saturated carbocycles. The first-order chi connectivity index (χ1) is 8.22. The molecule has 2 rings (SSSR count). The van der Waals surface area contributed by atoms with Crippen LogP contribution in [0.4, 0.5) is 0 Å². The van der Waals surface area contributed by atoms with Gasteiger partial charge in [-0.3, -0.25) is 9.69 Å². The average molecular weight is 239 g/mol. The van der Waals surface area contributed by atoms with Gasteiger partial charge in [-0.1, -0.05) is 19.8 Å². The lowest BCUT2D eigenvalue weighted by atomic mass is 10.1. The Hall–Kier alpha value is -0.610. The molecule has 0 aromatic rings. The Balaban J connectivity index is 1.79. The van der Waals surface area contributed by atoms with Gasteiger partial charge in [-0.15, -0.1) is 0 Å². The van der Waals surface area contributed by atoms with Gasteiger partial charge in [-0.25, -0.2) is 0 Å². The highest BCUT2D eigenvalue weighted by Crippen LogP contribution is 2.24. The van der Waals surface area contributed by atoms with E-state index in [9.17, 15) is 4.79 Å². The van der Waals surface area contributed by atoms with Crippen molar-refractivity contribution >= 4 is 5.91 Å². The second-order valence-corrected chi connectivity index (χ2v) is 5.31. The van der Waals surface area contributed by atoms with Crippen LogP contribution in [0.2, 0.25) is 0 Å². The Morgan fingerprint density at radius 1 is 1.24 bits per heavy atom. The molecule has 2 N–H and O–H groups in total. The van der Waals surface area contributed by atoms with E-state index in [2.05, 4.69) is 4.90 Å². The van der Waals surface area contributed by atoms with Crippen LogP contribution in [0, 0.1) is 0 Å². The van der Waals surface area contributed by atoms with E-state index in [-0.39, 0.29) is 11.9 Å². The van der Waals surface area contributed by atoms with Crippen molar-refractivity contribution < 1.29 is 4.79 Å². The third kappa shape index (κ3) is 2.99. The summed E-state index contributed by atoms with van der Waals surface area (Å²) in [6, 6.07) is 0.486. The van der Waals surface area contributed by atoms with Gasteiger partial charge in [0.15, 0.2) is 0 Å². The van der Waals surface area contributed by atoms with Gasteiger partial charge in [0.2, 0.25) is 5.91 Å². The van der Waals surface area contributed by atoms with Crippen LogP contribution < -0.4 is 5.73 Å². The molecule has 0 radical (unpaired) electrons. The fraction of sp³-hybridized carbons (Fsp3) is 0.923. The number of nitrogens with zero attached hydrogens (tertiary/aromatic N) is 2. The summed E-state index contributed by atoms with van der Waals surface area (Å²) in [5.41, 5.74) is 5.80.